The Morgan fingerprint density at radius 1 is 0.362 bits per heavy atom. The van der Waals surface area contributed by atoms with Gasteiger partial charge in [0, 0.05) is 32.5 Å². The van der Waals surface area contributed by atoms with Crippen LogP contribution >= 0.6 is 0 Å². The summed E-state index contributed by atoms with van der Waals surface area (Å²) in [7, 11) is 0. The molecule has 0 aliphatic carbocycles. The van der Waals surface area contributed by atoms with Gasteiger partial charge in [-0.3, -0.25) is 4.57 Å². The van der Waals surface area contributed by atoms with Gasteiger partial charge in [0.15, 0.2) is 5.82 Å². The van der Waals surface area contributed by atoms with Crippen molar-refractivity contribution in [1.29, 1.82) is 0 Å². The number of rotatable bonds is 4. The summed E-state index contributed by atoms with van der Waals surface area (Å²) >= 11 is 0. The molecule has 0 saturated heterocycles. The van der Waals surface area contributed by atoms with E-state index < -0.39 is 0 Å². The molecule has 0 atom stereocenters. The van der Waals surface area contributed by atoms with Gasteiger partial charge in [0.05, 0.1) is 22.1 Å². The van der Waals surface area contributed by atoms with Gasteiger partial charge < -0.3 is 4.42 Å². The van der Waals surface area contributed by atoms with Gasteiger partial charge in [0.2, 0.25) is 0 Å². The molecule has 0 unspecified atom stereocenters. The number of para-hydroxylation sites is 3. The van der Waals surface area contributed by atoms with Crippen LogP contribution in [0.25, 0.3) is 126 Å². The van der Waals surface area contributed by atoms with Crippen molar-refractivity contribution < 1.29 is 4.42 Å². The second kappa shape index (κ2) is 11.8. The molecule has 268 valence electrons. The number of hydrogen-bond acceptors (Lipinski definition) is 3. The van der Waals surface area contributed by atoms with E-state index in [2.05, 4.69) is 174 Å². The predicted molar refractivity (Wildman–Crippen MR) is 241 cm³/mol. The quantitative estimate of drug-likeness (QED) is 0.169. The Kier molecular flexibility index (Phi) is 6.41. The normalized spacial score (nSPS) is 12.1. The van der Waals surface area contributed by atoms with E-state index in [1.54, 1.807) is 0 Å². The highest BCUT2D eigenvalue weighted by Crippen LogP contribution is 2.48. The molecule has 3 heterocycles. The monoisotopic (exact) mass is 737 g/mol. The lowest BCUT2D eigenvalue weighted by Gasteiger charge is -2.15. The Bertz CT molecular complexity index is 3780. The number of furan rings is 1. The van der Waals surface area contributed by atoms with Crippen LogP contribution in [-0.4, -0.2) is 14.5 Å². The summed E-state index contributed by atoms with van der Waals surface area (Å²) < 4.78 is 8.70. The minimum atomic E-state index is 0.815. The Labute approximate surface area is 332 Å². The first kappa shape index (κ1) is 31.4. The van der Waals surface area contributed by atoms with Crippen molar-refractivity contribution in [2.24, 2.45) is 0 Å². The van der Waals surface area contributed by atoms with Crippen molar-refractivity contribution >= 4 is 87.1 Å². The van der Waals surface area contributed by atoms with Crippen LogP contribution < -0.4 is 0 Å². The SMILES string of the molecule is c1ccc(-c2ccc(-c3nc4ccccc4nc3-n3c4cccc5c6cc(-c7cccc8oc9ccccc9c78)ccc6c6c7ccccc7cc3c6c54)cc2)cc1. The molecule has 0 fully saturated rings. The van der Waals surface area contributed by atoms with Crippen LogP contribution in [0.1, 0.15) is 0 Å². The van der Waals surface area contributed by atoms with Gasteiger partial charge in [-0.15, -0.1) is 0 Å². The molecular formula is C54H31N3O. The predicted octanol–water partition coefficient (Wildman–Crippen LogP) is 14.5. The Morgan fingerprint density at radius 3 is 1.90 bits per heavy atom. The molecule has 0 radical (unpaired) electrons. The molecule has 0 bridgehead atoms. The average molecular weight is 738 g/mol. The third-order valence-corrected chi connectivity index (χ3v) is 12.1. The van der Waals surface area contributed by atoms with Crippen molar-refractivity contribution in [3.8, 4) is 39.3 Å². The lowest BCUT2D eigenvalue weighted by molar-refractivity contribution is 0.669. The van der Waals surface area contributed by atoms with Gasteiger partial charge in [0.25, 0.3) is 0 Å². The smallest absolute Gasteiger partial charge is 0.165 e. The fourth-order valence-corrected chi connectivity index (χ4v) is 9.57. The van der Waals surface area contributed by atoms with Crippen molar-refractivity contribution in [2.45, 2.75) is 0 Å². The molecule has 10 aromatic carbocycles. The number of aromatic nitrogens is 3. The maximum atomic E-state index is 6.33. The lowest BCUT2D eigenvalue weighted by Crippen LogP contribution is -2.03. The van der Waals surface area contributed by atoms with E-state index in [-0.39, 0.29) is 0 Å². The Hall–Kier alpha value is -7.82. The molecule has 4 nitrogen and oxygen atoms in total. The molecule has 0 amide bonds. The van der Waals surface area contributed by atoms with Gasteiger partial charge in [0.1, 0.15) is 16.9 Å². The van der Waals surface area contributed by atoms with Gasteiger partial charge in [-0.1, -0.05) is 146 Å². The van der Waals surface area contributed by atoms with E-state index >= 15 is 0 Å². The van der Waals surface area contributed by atoms with Crippen LogP contribution in [0.15, 0.2) is 192 Å². The Balaban J connectivity index is 1.13. The van der Waals surface area contributed by atoms with Crippen LogP contribution in [-0.2, 0) is 0 Å². The van der Waals surface area contributed by atoms with Crippen LogP contribution in [0.5, 0.6) is 0 Å². The van der Waals surface area contributed by atoms with E-state index in [4.69, 9.17) is 14.4 Å². The minimum Gasteiger partial charge on any atom is -0.456 e. The third-order valence-electron chi connectivity index (χ3n) is 12.1. The topological polar surface area (TPSA) is 43.9 Å². The van der Waals surface area contributed by atoms with E-state index in [9.17, 15) is 0 Å². The standard InChI is InChI=1S/C54H31N3O/c1-2-12-32(13-3-1)33-24-26-34(27-25-33)53-54(56-44-20-8-7-19-43(44)55-53)57-45-21-10-18-39-42-30-36(37-17-11-23-48-49(37)41-16-6-9-22-47(41)58-48)28-29-40(42)50-38-15-5-4-14-35(38)31-46(57)52(50)51(39)45/h1-31H. The number of nitrogens with zero attached hydrogens (tertiary/aromatic N) is 3. The first-order valence-electron chi connectivity index (χ1n) is 19.7. The van der Waals surface area contributed by atoms with Crippen molar-refractivity contribution in [1.82, 2.24) is 14.5 Å². The molecule has 0 aliphatic heterocycles. The lowest BCUT2D eigenvalue weighted by atomic mass is 9.89. The highest BCUT2D eigenvalue weighted by Gasteiger charge is 2.25. The zero-order chi connectivity index (χ0) is 37.9. The van der Waals surface area contributed by atoms with Crippen molar-refractivity contribution in [3.63, 3.8) is 0 Å². The molecular weight excluding hydrogens is 707 g/mol. The molecule has 13 rings (SSSR count). The summed E-state index contributed by atoms with van der Waals surface area (Å²) in [5.41, 5.74) is 12.3. The number of benzene rings is 10. The van der Waals surface area contributed by atoms with Crippen LogP contribution in [0, 0.1) is 0 Å². The molecule has 58 heavy (non-hydrogen) atoms. The largest absolute Gasteiger partial charge is 0.456 e. The fraction of sp³-hybridized carbons (Fsp3) is 0. The van der Waals surface area contributed by atoms with E-state index in [1.807, 2.05) is 18.2 Å². The maximum Gasteiger partial charge on any atom is 0.165 e. The van der Waals surface area contributed by atoms with Gasteiger partial charge in [-0.2, -0.15) is 0 Å². The highest BCUT2D eigenvalue weighted by atomic mass is 16.3. The third kappa shape index (κ3) is 4.40. The van der Waals surface area contributed by atoms with Crippen LogP contribution in [0.2, 0.25) is 0 Å². The van der Waals surface area contributed by atoms with Crippen molar-refractivity contribution in [3.05, 3.63) is 188 Å². The first-order valence-corrected chi connectivity index (χ1v) is 19.7. The summed E-state index contributed by atoms with van der Waals surface area (Å²) in [5.74, 6) is 0.815. The molecule has 3 aromatic heterocycles. The molecule has 13 aromatic rings. The molecule has 0 spiro atoms. The summed E-state index contributed by atoms with van der Waals surface area (Å²) in [6.45, 7) is 0. The second-order valence-corrected chi connectivity index (χ2v) is 15.3. The van der Waals surface area contributed by atoms with Crippen LogP contribution in [0.4, 0.5) is 0 Å². The molecule has 4 heteroatoms. The van der Waals surface area contributed by atoms with E-state index in [0.29, 0.717) is 0 Å². The summed E-state index contributed by atoms with van der Waals surface area (Å²) in [5, 5.41) is 12.1. The zero-order valence-corrected chi connectivity index (χ0v) is 31.1. The molecule has 0 N–H and O–H groups in total. The van der Waals surface area contributed by atoms with Crippen LogP contribution in [0.3, 0.4) is 0 Å². The second-order valence-electron chi connectivity index (χ2n) is 15.3. The molecule has 0 aliphatic rings. The van der Waals surface area contributed by atoms with E-state index in [0.717, 1.165) is 72.2 Å². The Morgan fingerprint density at radius 2 is 1.02 bits per heavy atom. The fourth-order valence-electron chi connectivity index (χ4n) is 9.57. The number of fused-ring (bicyclic) bond motifs is 9. The molecule has 0 saturated carbocycles. The summed E-state index contributed by atoms with van der Waals surface area (Å²) in [6, 6.07) is 67.1. The highest BCUT2D eigenvalue weighted by molar-refractivity contribution is 6.39. The average Bonchev–Trinajstić information content (AvgIpc) is 3.84. The van der Waals surface area contributed by atoms with Crippen molar-refractivity contribution in [2.75, 3.05) is 0 Å². The maximum absolute atomic E-state index is 6.33. The van der Waals surface area contributed by atoms with E-state index in [1.165, 1.54) is 54.2 Å². The summed E-state index contributed by atoms with van der Waals surface area (Å²) in [4.78, 5) is 10.9. The van der Waals surface area contributed by atoms with Gasteiger partial charge >= 0.3 is 0 Å². The van der Waals surface area contributed by atoms with Gasteiger partial charge in [-0.25, -0.2) is 9.97 Å². The number of hydrogen-bond donors (Lipinski definition) is 0. The first-order chi connectivity index (χ1) is 28.8. The van der Waals surface area contributed by atoms with Gasteiger partial charge in [-0.05, 0) is 91.6 Å². The minimum absolute atomic E-state index is 0.815. The summed E-state index contributed by atoms with van der Waals surface area (Å²) in [6.07, 6.45) is 0. The zero-order valence-electron chi connectivity index (χ0n) is 31.1.